The van der Waals surface area contributed by atoms with Gasteiger partial charge in [0.25, 0.3) is 0 Å². The number of rotatable bonds is 6. The maximum atomic E-state index is 11.8. The average molecular weight is 310 g/mol. The summed E-state index contributed by atoms with van der Waals surface area (Å²) in [5.74, 6) is -0.724. The van der Waals surface area contributed by atoms with Crippen molar-refractivity contribution in [2.75, 3.05) is 0 Å². The van der Waals surface area contributed by atoms with Crippen LogP contribution in [0.25, 0.3) is 6.08 Å². The highest BCUT2D eigenvalue weighted by atomic mass is 16.3. The van der Waals surface area contributed by atoms with E-state index in [-0.39, 0.29) is 12.5 Å². The number of hydrogen-bond acceptors (Lipinski definition) is 3. The summed E-state index contributed by atoms with van der Waals surface area (Å²) >= 11 is 0. The van der Waals surface area contributed by atoms with Crippen molar-refractivity contribution in [3.05, 3.63) is 76.9 Å². The molecule has 0 unspecified atom stereocenters. The maximum Gasteiger partial charge on any atom is 0.248 e. The molecule has 0 aromatic heterocycles. The van der Waals surface area contributed by atoms with E-state index in [2.05, 4.69) is 5.32 Å². The van der Waals surface area contributed by atoms with E-state index in [0.29, 0.717) is 12.1 Å². The van der Waals surface area contributed by atoms with Crippen molar-refractivity contribution < 1.29 is 14.7 Å². The second kappa shape index (κ2) is 7.91. The largest absolute Gasteiger partial charge is 0.392 e. The van der Waals surface area contributed by atoms with Crippen LogP contribution < -0.4 is 11.1 Å². The molecule has 2 aromatic rings. The molecule has 0 fully saturated rings. The lowest BCUT2D eigenvalue weighted by atomic mass is 10.1. The van der Waals surface area contributed by atoms with E-state index in [9.17, 15) is 14.7 Å². The minimum absolute atomic E-state index is 0.0614. The van der Waals surface area contributed by atoms with E-state index in [1.165, 1.54) is 6.08 Å². The van der Waals surface area contributed by atoms with Crippen LogP contribution in [0.4, 0.5) is 0 Å². The number of benzene rings is 2. The van der Waals surface area contributed by atoms with Gasteiger partial charge in [-0.05, 0) is 34.9 Å². The molecule has 0 spiro atoms. The van der Waals surface area contributed by atoms with Crippen molar-refractivity contribution in [1.82, 2.24) is 5.32 Å². The Morgan fingerprint density at radius 1 is 1.04 bits per heavy atom. The summed E-state index contributed by atoms with van der Waals surface area (Å²) in [5, 5.41) is 12.0. The Kier molecular flexibility index (Phi) is 5.66. The highest BCUT2D eigenvalue weighted by Crippen LogP contribution is 2.08. The Labute approximate surface area is 134 Å². The van der Waals surface area contributed by atoms with Gasteiger partial charge in [0.15, 0.2) is 0 Å². The lowest BCUT2D eigenvalue weighted by Crippen LogP contribution is -2.21. The van der Waals surface area contributed by atoms with Gasteiger partial charge in [0.2, 0.25) is 11.8 Å². The van der Waals surface area contributed by atoms with Crippen LogP contribution in [0.5, 0.6) is 0 Å². The van der Waals surface area contributed by atoms with Crippen molar-refractivity contribution in [2.24, 2.45) is 5.73 Å². The third-order valence-corrected chi connectivity index (χ3v) is 3.36. The van der Waals surface area contributed by atoms with Gasteiger partial charge in [0.1, 0.15) is 0 Å². The predicted molar refractivity (Wildman–Crippen MR) is 88.2 cm³/mol. The fourth-order valence-electron chi connectivity index (χ4n) is 2.06. The Morgan fingerprint density at radius 3 is 2.30 bits per heavy atom. The first-order valence-corrected chi connectivity index (χ1v) is 7.13. The predicted octanol–water partition coefficient (Wildman–Crippen LogP) is 1.61. The van der Waals surface area contributed by atoms with Crippen LogP contribution in [-0.2, 0) is 17.9 Å². The Bertz CT molecular complexity index is 721. The van der Waals surface area contributed by atoms with Crippen LogP contribution in [-0.4, -0.2) is 16.9 Å². The number of aliphatic hydroxyl groups excluding tert-OH is 1. The molecule has 0 bridgehead atoms. The molecule has 4 N–H and O–H groups in total. The summed E-state index contributed by atoms with van der Waals surface area (Å²) in [6.45, 7) is 0.286. The molecule has 0 radical (unpaired) electrons. The van der Waals surface area contributed by atoms with Crippen LogP contribution in [0, 0.1) is 0 Å². The van der Waals surface area contributed by atoms with Gasteiger partial charge in [-0.1, -0.05) is 36.4 Å². The minimum Gasteiger partial charge on any atom is -0.392 e. The van der Waals surface area contributed by atoms with E-state index in [0.717, 1.165) is 16.7 Å². The topological polar surface area (TPSA) is 92.4 Å². The normalized spacial score (nSPS) is 10.7. The summed E-state index contributed by atoms with van der Waals surface area (Å²) in [5.41, 5.74) is 8.05. The average Bonchev–Trinajstić information content (AvgIpc) is 2.58. The zero-order valence-corrected chi connectivity index (χ0v) is 12.5. The number of hydrogen-bond donors (Lipinski definition) is 3. The van der Waals surface area contributed by atoms with Gasteiger partial charge in [-0.25, -0.2) is 0 Å². The summed E-state index contributed by atoms with van der Waals surface area (Å²) in [6.07, 6.45) is 3.07. The first kappa shape index (κ1) is 16.5. The molecule has 5 heteroatoms. The molecule has 5 nitrogen and oxygen atoms in total. The third kappa shape index (κ3) is 4.79. The highest BCUT2D eigenvalue weighted by molar-refractivity contribution is 5.94. The molecular weight excluding hydrogens is 292 g/mol. The number of carbonyl (C=O) groups is 2. The molecule has 2 aromatic carbocycles. The molecule has 23 heavy (non-hydrogen) atoms. The smallest absolute Gasteiger partial charge is 0.248 e. The number of nitrogens with one attached hydrogen (secondary N) is 1. The number of amides is 2. The number of nitrogens with two attached hydrogens (primary N) is 1. The van der Waals surface area contributed by atoms with E-state index in [1.54, 1.807) is 30.3 Å². The second-order valence-corrected chi connectivity index (χ2v) is 4.96. The van der Waals surface area contributed by atoms with E-state index in [4.69, 9.17) is 5.73 Å². The molecule has 2 amide bonds. The fraction of sp³-hybridized carbons (Fsp3) is 0.111. The highest BCUT2D eigenvalue weighted by Gasteiger charge is 2.02. The number of carbonyl (C=O) groups excluding carboxylic acids is 2. The van der Waals surface area contributed by atoms with Gasteiger partial charge in [-0.2, -0.15) is 0 Å². The van der Waals surface area contributed by atoms with Crippen molar-refractivity contribution in [3.63, 3.8) is 0 Å². The van der Waals surface area contributed by atoms with Gasteiger partial charge < -0.3 is 16.2 Å². The zero-order valence-electron chi connectivity index (χ0n) is 12.5. The SMILES string of the molecule is NC(=O)c1ccc(/C=C/C(=O)NCc2ccccc2CO)cc1. The first-order chi connectivity index (χ1) is 11.1. The van der Waals surface area contributed by atoms with Crippen molar-refractivity contribution >= 4 is 17.9 Å². The summed E-state index contributed by atoms with van der Waals surface area (Å²) in [4.78, 5) is 22.8. The van der Waals surface area contributed by atoms with Crippen molar-refractivity contribution in [1.29, 1.82) is 0 Å². The molecule has 0 aliphatic carbocycles. The summed E-state index contributed by atoms with van der Waals surface area (Å²) in [7, 11) is 0. The molecule has 0 aliphatic rings. The quantitative estimate of drug-likeness (QED) is 0.708. The summed E-state index contributed by atoms with van der Waals surface area (Å²) < 4.78 is 0. The van der Waals surface area contributed by atoms with E-state index < -0.39 is 5.91 Å². The van der Waals surface area contributed by atoms with E-state index in [1.807, 2.05) is 24.3 Å². The van der Waals surface area contributed by atoms with Crippen molar-refractivity contribution in [3.8, 4) is 0 Å². The molecule has 118 valence electrons. The second-order valence-electron chi connectivity index (χ2n) is 4.96. The van der Waals surface area contributed by atoms with Gasteiger partial charge in [-0.3, -0.25) is 9.59 Å². The third-order valence-electron chi connectivity index (χ3n) is 3.36. The van der Waals surface area contributed by atoms with Gasteiger partial charge >= 0.3 is 0 Å². The maximum absolute atomic E-state index is 11.8. The molecule has 0 heterocycles. The lowest BCUT2D eigenvalue weighted by molar-refractivity contribution is -0.116. The zero-order chi connectivity index (χ0) is 16.7. The van der Waals surface area contributed by atoms with E-state index >= 15 is 0 Å². The van der Waals surface area contributed by atoms with Crippen molar-refractivity contribution in [2.45, 2.75) is 13.2 Å². The van der Waals surface area contributed by atoms with Crippen LogP contribution in [0.1, 0.15) is 27.0 Å². The van der Waals surface area contributed by atoms with Gasteiger partial charge in [0, 0.05) is 18.2 Å². The van der Waals surface area contributed by atoms with Gasteiger partial charge in [0.05, 0.1) is 6.61 Å². The lowest BCUT2D eigenvalue weighted by Gasteiger charge is -2.07. The van der Waals surface area contributed by atoms with Crippen LogP contribution >= 0.6 is 0 Å². The fourth-order valence-corrected chi connectivity index (χ4v) is 2.06. The molecule has 0 atom stereocenters. The standard InChI is InChI=1S/C18H18N2O3/c19-18(23)14-8-5-13(6-9-14)7-10-17(22)20-11-15-3-1-2-4-16(15)12-21/h1-10,21H,11-12H2,(H2,19,23)(H,20,22)/b10-7+. The van der Waals surface area contributed by atoms with Crippen LogP contribution in [0.3, 0.4) is 0 Å². The number of primary amides is 1. The first-order valence-electron chi connectivity index (χ1n) is 7.13. The minimum atomic E-state index is -0.485. The monoisotopic (exact) mass is 310 g/mol. The summed E-state index contributed by atoms with van der Waals surface area (Å²) in [6, 6.07) is 14.0. The molecule has 2 rings (SSSR count). The Morgan fingerprint density at radius 2 is 1.70 bits per heavy atom. The molecular formula is C18H18N2O3. The Balaban J connectivity index is 1.92. The van der Waals surface area contributed by atoms with Crippen LogP contribution in [0.2, 0.25) is 0 Å². The molecule has 0 saturated heterocycles. The molecule has 0 aliphatic heterocycles. The molecule has 0 saturated carbocycles. The van der Waals surface area contributed by atoms with Crippen LogP contribution in [0.15, 0.2) is 54.6 Å². The Hall–Kier alpha value is -2.92. The van der Waals surface area contributed by atoms with Gasteiger partial charge in [-0.15, -0.1) is 0 Å². The number of aliphatic hydroxyl groups is 1.